The van der Waals surface area contributed by atoms with Gasteiger partial charge in [-0.1, -0.05) is 20.8 Å². The predicted octanol–water partition coefficient (Wildman–Crippen LogP) is 4.37. The van der Waals surface area contributed by atoms with Gasteiger partial charge >= 0.3 is 0 Å². The molecular weight excluding hydrogens is 326 g/mol. The van der Waals surface area contributed by atoms with Gasteiger partial charge in [0.05, 0.1) is 13.2 Å². The van der Waals surface area contributed by atoms with Crippen molar-refractivity contribution in [2.24, 2.45) is 0 Å². The van der Waals surface area contributed by atoms with E-state index in [1.54, 1.807) is 0 Å². The fourth-order valence-corrected chi connectivity index (χ4v) is 4.13. The third-order valence-electron chi connectivity index (χ3n) is 5.34. The lowest BCUT2D eigenvalue weighted by Gasteiger charge is -2.38. The number of nitro groups is 1. The minimum absolute atomic E-state index is 0.0444. The van der Waals surface area contributed by atoms with E-state index in [1.807, 2.05) is 13.8 Å². The van der Waals surface area contributed by atoms with Crippen molar-refractivity contribution in [3.63, 3.8) is 0 Å². The van der Waals surface area contributed by atoms with Gasteiger partial charge < -0.3 is 13.9 Å². The summed E-state index contributed by atoms with van der Waals surface area (Å²) in [6.07, 6.45) is 2.30. The standard InChI is InChI=1S/C17H35NO5Si/c1-14(23-24(6,7)16(2,3)4)8-9-15(18(19)20)10-11-17(5)21-12-13-22-17/h14-15H,8-13H2,1-7H3/t14-,15?/m0/s1. The Hall–Kier alpha value is -0.503. The largest absolute Gasteiger partial charge is 0.414 e. The molecule has 142 valence electrons. The second-order valence-corrected chi connectivity index (χ2v) is 13.3. The Kier molecular flexibility index (Phi) is 7.40. The van der Waals surface area contributed by atoms with Crippen molar-refractivity contribution in [1.29, 1.82) is 0 Å². The maximum absolute atomic E-state index is 11.4. The topological polar surface area (TPSA) is 70.8 Å². The van der Waals surface area contributed by atoms with Gasteiger partial charge in [0, 0.05) is 30.3 Å². The number of rotatable bonds is 9. The molecule has 0 N–H and O–H groups in total. The van der Waals surface area contributed by atoms with E-state index < -0.39 is 20.1 Å². The smallest absolute Gasteiger partial charge is 0.213 e. The summed E-state index contributed by atoms with van der Waals surface area (Å²) in [4.78, 5) is 11.2. The number of hydrogen-bond donors (Lipinski definition) is 0. The Morgan fingerprint density at radius 2 is 1.75 bits per heavy atom. The van der Waals surface area contributed by atoms with Crippen LogP contribution in [0, 0.1) is 10.1 Å². The van der Waals surface area contributed by atoms with Crippen LogP contribution >= 0.6 is 0 Å². The van der Waals surface area contributed by atoms with E-state index in [-0.39, 0.29) is 16.1 Å². The van der Waals surface area contributed by atoms with Crippen LogP contribution in [0.2, 0.25) is 18.1 Å². The molecule has 0 aliphatic carbocycles. The predicted molar refractivity (Wildman–Crippen MR) is 97.3 cm³/mol. The Balaban J connectivity index is 2.47. The zero-order valence-corrected chi connectivity index (χ0v) is 17.4. The minimum atomic E-state index is -1.83. The molecule has 0 spiro atoms. The fourth-order valence-electron chi connectivity index (χ4n) is 2.65. The van der Waals surface area contributed by atoms with Crippen molar-refractivity contribution >= 4 is 8.32 Å². The second-order valence-electron chi connectivity index (χ2n) is 8.57. The molecule has 2 atom stereocenters. The van der Waals surface area contributed by atoms with Gasteiger partial charge in [-0.2, -0.15) is 0 Å². The fraction of sp³-hybridized carbons (Fsp3) is 1.00. The molecule has 1 fully saturated rings. The lowest BCUT2D eigenvalue weighted by Crippen LogP contribution is -2.43. The summed E-state index contributed by atoms with van der Waals surface area (Å²) in [7, 11) is -1.83. The summed E-state index contributed by atoms with van der Waals surface area (Å²) in [6.45, 7) is 16.1. The van der Waals surface area contributed by atoms with E-state index in [0.717, 1.165) is 0 Å². The molecule has 0 bridgehead atoms. The van der Waals surface area contributed by atoms with Crippen LogP contribution in [-0.4, -0.2) is 44.4 Å². The van der Waals surface area contributed by atoms with Gasteiger partial charge in [0.1, 0.15) is 0 Å². The van der Waals surface area contributed by atoms with E-state index in [0.29, 0.717) is 38.9 Å². The van der Waals surface area contributed by atoms with E-state index in [1.165, 1.54) is 0 Å². The summed E-state index contributed by atoms with van der Waals surface area (Å²) in [5, 5.41) is 11.5. The molecule has 6 nitrogen and oxygen atoms in total. The van der Waals surface area contributed by atoms with Crippen LogP contribution in [0.25, 0.3) is 0 Å². The molecule has 0 aromatic carbocycles. The summed E-state index contributed by atoms with van der Waals surface area (Å²) in [6, 6.07) is -0.569. The third-order valence-corrected chi connectivity index (χ3v) is 9.94. The summed E-state index contributed by atoms with van der Waals surface area (Å²) in [5.41, 5.74) is 0. The average Bonchev–Trinajstić information content (AvgIpc) is 2.83. The highest BCUT2D eigenvalue weighted by molar-refractivity contribution is 6.74. The summed E-state index contributed by atoms with van der Waals surface area (Å²) >= 11 is 0. The van der Waals surface area contributed by atoms with Gasteiger partial charge in [0.2, 0.25) is 6.04 Å². The zero-order valence-electron chi connectivity index (χ0n) is 16.4. The molecule has 1 saturated heterocycles. The molecule has 1 aliphatic rings. The van der Waals surface area contributed by atoms with Crippen molar-refractivity contribution in [3.8, 4) is 0 Å². The maximum atomic E-state index is 11.4. The Morgan fingerprint density at radius 1 is 1.21 bits per heavy atom. The third kappa shape index (κ3) is 6.42. The quantitative estimate of drug-likeness (QED) is 0.346. The van der Waals surface area contributed by atoms with Crippen LogP contribution in [0.5, 0.6) is 0 Å². The minimum Gasteiger partial charge on any atom is -0.414 e. The maximum Gasteiger partial charge on any atom is 0.213 e. The molecular formula is C17H35NO5Si. The van der Waals surface area contributed by atoms with E-state index in [4.69, 9.17) is 13.9 Å². The van der Waals surface area contributed by atoms with Gasteiger partial charge in [-0.05, 0) is 38.4 Å². The number of hydrogen-bond acceptors (Lipinski definition) is 5. The number of nitrogens with zero attached hydrogens (tertiary/aromatic N) is 1. The normalized spacial score (nSPS) is 20.8. The monoisotopic (exact) mass is 361 g/mol. The van der Waals surface area contributed by atoms with Crippen molar-refractivity contribution in [1.82, 2.24) is 0 Å². The Morgan fingerprint density at radius 3 is 2.21 bits per heavy atom. The molecule has 0 radical (unpaired) electrons. The molecule has 1 unspecified atom stereocenters. The van der Waals surface area contributed by atoms with Crippen LogP contribution in [0.15, 0.2) is 0 Å². The molecule has 0 amide bonds. The van der Waals surface area contributed by atoms with Gasteiger partial charge in [0.15, 0.2) is 14.1 Å². The number of ether oxygens (including phenoxy) is 2. The van der Waals surface area contributed by atoms with E-state index >= 15 is 0 Å². The second kappa shape index (κ2) is 8.25. The van der Waals surface area contributed by atoms with Crippen molar-refractivity contribution in [2.45, 2.75) is 96.4 Å². The van der Waals surface area contributed by atoms with Gasteiger partial charge in [-0.25, -0.2) is 0 Å². The SMILES string of the molecule is C[C@@H](CCC(CCC1(C)OCCO1)[N+](=O)[O-])O[Si](C)(C)C(C)(C)C. The molecule has 1 heterocycles. The molecule has 0 aromatic rings. The first-order valence-corrected chi connectivity index (χ1v) is 11.9. The zero-order chi connectivity index (χ0) is 18.6. The molecule has 7 heteroatoms. The summed E-state index contributed by atoms with van der Waals surface area (Å²) < 4.78 is 17.4. The van der Waals surface area contributed by atoms with Gasteiger partial charge in [-0.15, -0.1) is 0 Å². The van der Waals surface area contributed by atoms with Gasteiger partial charge in [0.25, 0.3) is 0 Å². The van der Waals surface area contributed by atoms with Crippen molar-refractivity contribution in [2.75, 3.05) is 13.2 Å². The van der Waals surface area contributed by atoms with Crippen LogP contribution in [0.1, 0.15) is 60.3 Å². The summed E-state index contributed by atoms with van der Waals surface area (Å²) in [5.74, 6) is -0.655. The highest BCUT2D eigenvalue weighted by Crippen LogP contribution is 2.37. The lowest BCUT2D eigenvalue weighted by atomic mass is 10.0. The van der Waals surface area contributed by atoms with Crippen molar-refractivity contribution in [3.05, 3.63) is 10.1 Å². The molecule has 1 rings (SSSR count). The highest BCUT2D eigenvalue weighted by Gasteiger charge is 2.39. The van der Waals surface area contributed by atoms with Crippen LogP contribution in [-0.2, 0) is 13.9 Å². The Labute approximate surface area is 147 Å². The van der Waals surface area contributed by atoms with Crippen LogP contribution < -0.4 is 0 Å². The molecule has 0 saturated carbocycles. The first kappa shape index (κ1) is 21.5. The van der Waals surface area contributed by atoms with E-state index in [2.05, 4.69) is 33.9 Å². The first-order chi connectivity index (χ1) is 10.9. The lowest BCUT2D eigenvalue weighted by molar-refractivity contribution is -0.525. The Bertz CT molecular complexity index is 416. The molecule has 24 heavy (non-hydrogen) atoms. The molecule has 0 aromatic heterocycles. The highest BCUT2D eigenvalue weighted by atomic mass is 28.4. The van der Waals surface area contributed by atoms with Crippen LogP contribution in [0.3, 0.4) is 0 Å². The van der Waals surface area contributed by atoms with E-state index in [9.17, 15) is 10.1 Å². The first-order valence-electron chi connectivity index (χ1n) is 8.95. The molecule has 1 aliphatic heterocycles. The van der Waals surface area contributed by atoms with Crippen molar-refractivity contribution < 1.29 is 18.8 Å². The average molecular weight is 362 g/mol. The van der Waals surface area contributed by atoms with Gasteiger partial charge in [-0.3, -0.25) is 10.1 Å². The van der Waals surface area contributed by atoms with Crippen LogP contribution in [0.4, 0.5) is 0 Å².